The molecule has 0 radical (unpaired) electrons. The van der Waals surface area contributed by atoms with Gasteiger partial charge in [0.25, 0.3) is 5.78 Å². The van der Waals surface area contributed by atoms with Crippen molar-refractivity contribution in [2.45, 2.75) is 19.8 Å². The van der Waals surface area contributed by atoms with E-state index in [1.54, 1.807) is 13.8 Å². The van der Waals surface area contributed by atoms with E-state index in [9.17, 15) is 18.8 Å². The van der Waals surface area contributed by atoms with Crippen molar-refractivity contribution in [2.24, 2.45) is 0 Å². The number of ether oxygens (including phenoxy) is 2. The molecule has 20 heavy (non-hydrogen) atoms. The first-order valence-corrected chi connectivity index (χ1v) is 6.14. The van der Waals surface area contributed by atoms with Crippen LogP contribution in [0.4, 0.5) is 4.39 Å². The summed E-state index contributed by atoms with van der Waals surface area (Å²) in [5.74, 6) is -4.96. The van der Waals surface area contributed by atoms with Crippen molar-refractivity contribution in [2.75, 3.05) is 13.2 Å². The maximum Gasteiger partial charge on any atom is 0.375 e. The fraction of sp³-hybridized carbons (Fsp3) is 0.357. The lowest BCUT2D eigenvalue weighted by Gasteiger charge is -2.14. The van der Waals surface area contributed by atoms with E-state index < -0.39 is 29.5 Å². The predicted octanol–water partition coefficient (Wildman–Crippen LogP) is 1.60. The highest BCUT2D eigenvalue weighted by atomic mass is 19.1. The number of ketones is 1. The normalized spacial score (nSPS) is 11.6. The lowest BCUT2D eigenvalue weighted by Crippen LogP contribution is -2.31. The van der Waals surface area contributed by atoms with Crippen LogP contribution in [0.5, 0.6) is 0 Å². The molecule has 0 aliphatic heterocycles. The van der Waals surface area contributed by atoms with Gasteiger partial charge < -0.3 is 9.47 Å². The van der Waals surface area contributed by atoms with Gasteiger partial charge in [-0.1, -0.05) is 12.1 Å². The number of esters is 2. The number of benzene rings is 1. The predicted molar refractivity (Wildman–Crippen MR) is 67.4 cm³/mol. The largest absolute Gasteiger partial charge is 0.465 e. The van der Waals surface area contributed by atoms with Gasteiger partial charge in [-0.3, -0.25) is 9.59 Å². The summed E-state index contributed by atoms with van der Waals surface area (Å²) in [4.78, 5) is 35.3. The molecule has 1 aromatic carbocycles. The van der Waals surface area contributed by atoms with Crippen LogP contribution in [-0.2, 0) is 23.9 Å². The topological polar surface area (TPSA) is 69.7 Å². The molecule has 1 rings (SSSR count). The van der Waals surface area contributed by atoms with Crippen molar-refractivity contribution in [3.05, 3.63) is 35.6 Å². The molecule has 0 aliphatic rings. The van der Waals surface area contributed by atoms with E-state index in [-0.39, 0.29) is 18.8 Å². The van der Waals surface area contributed by atoms with Gasteiger partial charge >= 0.3 is 11.9 Å². The molecule has 0 amide bonds. The van der Waals surface area contributed by atoms with Crippen molar-refractivity contribution < 1.29 is 28.2 Å². The quantitative estimate of drug-likeness (QED) is 0.450. The number of Topliss-reactive ketones (excluding diaryl/α,β-unsaturated/α-hetero) is 1. The minimum absolute atomic E-state index is 0.0174. The maximum atomic E-state index is 12.9. The van der Waals surface area contributed by atoms with Gasteiger partial charge in [-0.2, -0.15) is 0 Å². The fourth-order valence-corrected chi connectivity index (χ4v) is 1.60. The summed E-state index contributed by atoms with van der Waals surface area (Å²) in [7, 11) is 0. The summed E-state index contributed by atoms with van der Waals surface area (Å²) in [5, 5.41) is 0. The van der Waals surface area contributed by atoms with Crippen LogP contribution in [0.3, 0.4) is 0 Å². The van der Waals surface area contributed by atoms with Crippen LogP contribution in [0, 0.1) is 5.82 Å². The van der Waals surface area contributed by atoms with Crippen molar-refractivity contribution in [3.63, 3.8) is 0 Å². The molecule has 0 saturated carbocycles. The number of carbonyl (C=O) groups is 3. The Kier molecular flexibility index (Phi) is 5.83. The molecule has 0 fully saturated rings. The molecule has 1 aromatic rings. The van der Waals surface area contributed by atoms with E-state index in [2.05, 4.69) is 4.74 Å². The SMILES string of the molecule is CCOC(=O)C(=O)C(C(=O)OCC)c1ccc(F)cc1. The van der Waals surface area contributed by atoms with Gasteiger partial charge in [0.1, 0.15) is 5.82 Å². The average Bonchev–Trinajstić information content (AvgIpc) is 2.41. The molecule has 0 heterocycles. The van der Waals surface area contributed by atoms with Crippen LogP contribution in [0.15, 0.2) is 24.3 Å². The Morgan fingerprint density at radius 1 is 1.05 bits per heavy atom. The van der Waals surface area contributed by atoms with Gasteiger partial charge in [0.15, 0.2) is 5.92 Å². The number of rotatable bonds is 6. The van der Waals surface area contributed by atoms with Crippen LogP contribution in [0.1, 0.15) is 25.3 Å². The number of hydrogen-bond donors (Lipinski definition) is 0. The van der Waals surface area contributed by atoms with E-state index in [4.69, 9.17) is 4.74 Å². The minimum Gasteiger partial charge on any atom is -0.465 e. The first-order chi connectivity index (χ1) is 9.51. The van der Waals surface area contributed by atoms with Gasteiger partial charge in [0, 0.05) is 0 Å². The second kappa shape index (κ2) is 7.37. The third-order valence-electron chi connectivity index (χ3n) is 2.46. The van der Waals surface area contributed by atoms with Crippen LogP contribution in [0.25, 0.3) is 0 Å². The van der Waals surface area contributed by atoms with E-state index in [1.165, 1.54) is 12.1 Å². The highest BCUT2D eigenvalue weighted by Gasteiger charge is 2.35. The Morgan fingerprint density at radius 2 is 1.60 bits per heavy atom. The summed E-state index contributed by atoms with van der Waals surface area (Å²) < 4.78 is 22.3. The van der Waals surface area contributed by atoms with Gasteiger partial charge in [-0.25, -0.2) is 9.18 Å². The van der Waals surface area contributed by atoms with Gasteiger partial charge in [0.05, 0.1) is 13.2 Å². The summed E-state index contributed by atoms with van der Waals surface area (Å²) in [6.07, 6.45) is 0. The van der Waals surface area contributed by atoms with Crippen LogP contribution in [0.2, 0.25) is 0 Å². The molecule has 1 unspecified atom stereocenters. The second-order valence-corrected chi connectivity index (χ2v) is 3.82. The summed E-state index contributed by atoms with van der Waals surface area (Å²) >= 11 is 0. The van der Waals surface area contributed by atoms with E-state index in [1.807, 2.05) is 0 Å². The van der Waals surface area contributed by atoms with Crippen LogP contribution >= 0.6 is 0 Å². The van der Waals surface area contributed by atoms with Crippen molar-refractivity contribution in [1.82, 2.24) is 0 Å². The van der Waals surface area contributed by atoms with Gasteiger partial charge in [-0.15, -0.1) is 0 Å². The molecule has 0 N–H and O–H groups in total. The zero-order chi connectivity index (χ0) is 15.1. The Bertz CT molecular complexity index is 495. The van der Waals surface area contributed by atoms with Gasteiger partial charge in [0.2, 0.25) is 0 Å². The summed E-state index contributed by atoms with van der Waals surface area (Å²) in [6, 6.07) is 4.71. The Morgan fingerprint density at radius 3 is 2.10 bits per heavy atom. The average molecular weight is 282 g/mol. The zero-order valence-corrected chi connectivity index (χ0v) is 11.2. The fourth-order valence-electron chi connectivity index (χ4n) is 1.60. The molecule has 0 aromatic heterocycles. The third-order valence-corrected chi connectivity index (χ3v) is 2.46. The lowest BCUT2D eigenvalue weighted by atomic mass is 9.94. The number of halogens is 1. The molecule has 0 aliphatic carbocycles. The van der Waals surface area contributed by atoms with Crippen LogP contribution < -0.4 is 0 Å². The van der Waals surface area contributed by atoms with Crippen molar-refractivity contribution >= 4 is 17.7 Å². The van der Waals surface area contributed by atoms with Crippen LogP contribution in [-0.4, -0.2) is 30.9 Å². The molecule has 5 nitrogen and oxygen atoms in total. The summed E-state index contributed by atoms with van der Waals surface area (Å²) in [6.45, 7) is 3.20. The number of carbonyl (C=O) groups excluding carboxylic acids is 3. The first-order valence-electron chi connectivity index (χ1n) is 6.14. The highest BCUT2D eigenvalue weighted by molar-refractivity contribution is 6.39. The molecular formula is C14H15FO5. The summed E-state index contributed by atoms with van der Waals surface area (Å²) in [5.41, 5.74) is 0.183. The molecule has 0 spiro atoms. The standard InChI is InChI=1S/C14H15FO5/c1-3-19-13(17)11(12(16)14(18)20-4-2)9-5-7-10(15)8-6-9/h5-8,11H,3-4H2,1-2H3. The minimum atomic E-state index is -1.44. The van der Waals surface area contributed by atoms with Crippen molar-refractivity contribution in [1.29, 1.82) is 0 Å². The molecule has 6 heteroatoms. The smallest absolute Gasteiger partial charge is 0.375 e. The molecule has 0 bridgehead atoms. The van der Waals surface area contributed by atoms with E-state index in [0.29, 0.717) is 0 Å². The Balaban J connectivity index is 3.08. The van der Waals surface area contributed by atoms with E-state index >= 15 is 0 Å². The molecule has 1 atom stereocenters. The Hall–Kier alpha value is -2.24. The van der Waals surface area contributed by atoms with E-state index in [0.717, 1.165) is 12.1 Å². The number of hydrogen-bond acceptors (Lipinski definition) is 5. The third kappa shape index (κ3) is 3.88. The lowest BCUT2D eigenvalue weighted by molar-refractivity contribution is -0.159. The first kappa shape index (κ1) is 15.8. The zero-order valence-electron chi connectivity index (χ0n) is 11.2. The highest BCUT2D eigenvalue weighted by Crippen LogP contribution is 2.20. The second-order valence-electron chi connectivity index (χ2n) is 3.82. The van der Waals surface area contributed by atoms with Gasteiger partial charge in [-0.05, 0) is 31.5 Å². The van der Waals surface area contributed by atoms with Crippen molar-refractivity contribution in [3.8, 4) is 0 Å². The maximum absolute atomic E-state index is 12.9. The molecule has 108 valence electrons. The molecular weight excluding hydrogens is 267 g/mol. The molecule has 0 saturated heterocycles. The Labute approximate surface area is 115 Å². The monoisotopic (exact) mass is 282 g/mol.